The summed E-state index contributed by atoms with van der Waals surface area (Å²) in [6, 6.07) is 52.0. The second-order valence-electron chi connectivity index (χ2n) is 11.8. The summed E-state index contributed by atoms with van der Waals surface area (Å²) in [6.07, 6.45) is 8.73. The van der Waals surface area contributed by atoms with Gasteiger partial charge in [-0.1, -0.05) is 146 Å². The Morgan fingerprint density at radius 2 is 0.771 bits per heavy atom. The van der Waals surface area contributed by atoms with Gasteiger partial charge in [0.2, 0.25) is 0 Å². The zero-order valence-corrected chi connectivity index (χ0v) is 26.4. The van der Waals surface area contributed by atoms with Crippen LogP contribution in [0, 0.1) is 0 Å². The zero-order valence-electron chi connectivity index (χ0n) is 26.4. The van der Waals surface area contributed by atoms with Gasteiger partial charge in [-0.2, -0.15) is 0 Å². The molecule has 48 heavy (non-hydrogen) atoms. The highest BCUT2D eigenvalue weighted by Gasteiger charge is 2.14. The Morgan fingerprint density at radius 3 is 1.27 bits per heavy atom. The van der Waals surface area contributed by atoms with Crippen LogP contribution in [0.5, 0.6) is 0 Å². The minimum atomic E-state index is 0. The molecule has 4 heteroatoms. The fourth-order valence-electron chi connectivity index (χ4n) is 6.05. The van der Waals surface area contributed by atoms with Crippen molar-refractivity contribution < 1.29 is 1.43 Å². The number of hydrogen-bond donors (Lipinski definition) is 0. The van der Waals surface area contributed by atoms with Crippen molar-refractivity contribution in [2.45, 2.75) is 12.8 Å². The minimum absolute atomic E-state index is 0. The van der Waals surface area contributed by atoms with Gasteiger partial charge in [-0.25, -0.2) is 19.9 Å². The molecule has 0 unspecified atom stereocenters. The predicted molar refractivity (Wildman–Crippen MR) is 199 cm³/mol. The molecule has 0 amide bonds. The van der Waals surface area contributed by atoms with E-state index in [9.17, 15) is 0 Å². The average Bonchev–Trinajstić information content (AvgIpc) is 3.19. The third-order valence-corrected chi connectivity index (χ3v) is 8.53. The van der Waals surface area contributed by atoms with E-state index >= 15 is 0 Å². The predicted octanol–water partition coefficient (Wildman–Crippen LogP) is 11.2. The average molecular weight is 619 g/mol. The van der Waals surface area contributed by atoms with Gasteiger partial charge in [0, 0.05) is 29.2 Å². The van der Waals surface area contributed by atoms with Crippen LogP contribution in [0.25, 0.3) is 73.2 Å². The van der Waals surface area contributed by atoms with E-state index in [1.165, 1.54) is 0 Å². The Morgan fingerprint density at radius 1 is 0.354 bits per heavy atom. The van der Waals surface area contributed by atoms with Crippen LogP contribution in [0.4, 0.5) is 0 Å². The van der Waals surface area contributed by atoms with Gasteiger partial charge in [-0.05, 0) is 53.8 Å². The van der Waals surface area contributed by atoms with Crippen molar-refractivity contribution in [3.05, 3.63) is 176 Å². The van der Waals surface area contributed by atoms with Crippen LogP contribution in [-0.2, 0) is 0 Å². The molecule has 0 aliphatic heterocycles. The molecule has 2 aromatic heterocycles. The van der Waals surface area contributed by atoms with E-state index in [1.54, 1.807) is 0 Å². The van der Waals surface area contributed by atoms with Crippen LogP contribution >= 0.6 is 0 Å². The summed E-state index contributed by atoms with van der Waals surface area (Å²) in [5.41, 5.74) is 12.1. The molecule has 0 fully saturated rings. The standard InChI is InChI=1S/C44H32N4.H2/c1-5-15-31(16-6-1)39-29-41(47-43(45-39)33-19-9-3-10-20-33)37-25-13-23-35(27-37)36-24-14-26-38(28-36)42-30-40(32-17-7-2-8-18-32)46-44(48-42)34-21-11-4-12-22-34;/h1,3-7,9-30H,2,8H2;1H. The van der Waals surface area contributed by atoms with Gasteiger partial charge >= 0.3 is 0 Å². The quantitative estimate of drug-likeness (QED) is 0.178. The van der Waals surface area contributed by atoms with Crippen molar-refractivity contribution >= 4 is 5.57 Å². The maximum absolute atomic E-state index is 5.07. The Bertz CT molecular complexity index is 2220. The van der Waals surface area contributed by atoms with Gasteiger partial charge in [-0.15, -0.1) is 0 Å². The SMILES string of the molecule is C1=CC(c2cc(-c3cccc(-c4cccc(-c5cc(-c6ccccc6)nc(-c6ccccc6)n5)c4)c3)nc(-c3ccccc3)n2)=CCC1.[HH]. The number of benzene rings is 5. The highest BCUT2D eigenvalue weighted by molar-refractivity contribution is 5.80. The van der Waals surface area contributed by atoms with Crippen molar-refractivity contribution in [2.24, 2.45) is 0 Å². The molecule has 8 rings (SSSR count). The monoisotopic (exact) mass is 618 g/mol. The first-order valence-corrected chi connectivity index (χ1v) is 16.3. The van der Waals surface area contributed by atoms with Crippen LogP contribution in [0.3, 0.4) is 0 Å². The molecule has 0 saturated carbocycles. The molecule has 1 aliphatic rings. The van der Waals surface area contributed by atoms with Crippen LogP contribution < -0.4 is 0 Å². The highest BCUT2D eigenvalue weighted by atomic mass is 14.9. The summed E-state index contributed by atoms with van der Waals surface area (Å²) >= 11 is 0. The molecule has 0 spiro atoms. The van der Waals surface area contributed by atoms with E-state index in [4.69, 9.17) is 19.9 Å². The molecule has 0 atom stereocenters. The molecule has 0 N–H and O–H groups in total. The Hall–Kier alpha value is -6.26. The summed E-state index contributed by atoms with van der Waals surface area (Å²) in [5.74, 6) is 1.43. The van der Waals surface area contributed by atoms with Crippen LogP contribution in [0.2, 0.25) is 0 Å². The van der Waals surface area contributed by atoms with E-state index < -0.39 is 0 Å². The Balaban J connectivity index is 0.00000378. The second-order valence-corrected chi connectivity index (χ2v) is 11.8. The third kappa shape index (κ3) is 6.24. The maximum Gasteiger partial charge on any atom is 0.160 e. The van der Waals surface area contributed by atoms with Crippen molar-refractivity contribution in [3.63, 3.8) is 0 Å². The highest BCUT2D eigenvalue weighted by Crippen LogP contribution is 2.33. The van der Waals surface area contributed by atoms with Crippen molar-refractivity contribution in [2.75, 3.05) is 0 Å². The summed E-state index contributed by atoms with van der Waals surface area (Å²) in [7, 11) is 0. The van der Waals surface area contributed by atoms with Crippen molar-refractivity contribution in [3.8, 4) is 67.7 Å². The van der Waals surface area contributed by atoms with E-state index in [0.717, 1.165) is 86.0 Å². The van der Waals surface area contributed by atoms with Gasteiger partial charge < -0.3 is 0 Å². The smallest absolute Gasteiger partial charge is 0.160 e. The van der Waals surface area contributed by atoms with Crippen LogP contribution in [-0.4, -0.2) is 19.9 Å². The van der Waals surface area contributed by atoms with Gasteiger partial charge in [-0.3, -0.25) is 0 Å². The van der Waals surface area contributed by atoms with E-state index in [2.05, 4.69) is 115 Å². The first kappa shape index (κ1) is 29.2. The molecular formula is C44H34N4. The topological polar surface area (TPSA) is 51.6 Å². The molecule has 0 radical (unpaired) electrons. The lowest BCUT2D eigenvalue weighted by atomic mass is 9.97. The van der Waals surface area contributed by atoms with Gasteiger partial charge in [0.15, 0.2) is 11.6 Å². The molecule has 0 bridgehead atoms. The number of aromatic nitrogens is 4. The molecule has 1 aliphatic carbocycles. The number of hydrogen-bond acceptors (Lipinski definition) is 4. The molecule has 230 valence electrons. The molecule has 2 heterocycles. The van der Waals surface area contributed by atoms with Gasteiger partial charge in [0.05, 0.1) is 22.8 Å². The lowest BCUT2D eigenvalue weighted by Gasteiger charge is -2.13. The molecule has 0 saturated heterocycles. The van der Waals surface area contributed by atoms with Crippen molar-refractivity contribution in [1.82, 2.24) is 19.9 Å². The third-order valence-electron chi connectivity index (χ3n) is 8.53. The van der Waals surface area contributed by atoms with Crippen molar-refractivity contribution in [1.29, 1.82) is 0 Å². The van der Waals surface area contributed by atoms with Gasteiger partial charge in [0.1, 0.15) is 0 Å². The fraction of sp³-hybridized carbons (Fsp3) is 0.0455. The Kier molecular flexibility index (Phi) is 8.04. The zero-order chi connectivity index (χ0) is 32.1. The number of rotatable bonds is 7. The summed E-state index contributed by atoms with van der Waals surface area (Å²) in [6.45, 7) is 0. The molecular weight excluding hydrogens is 585 g/mol. The fourth-order valence-corrected chi connectivity index (χ4v) is 6.05. The van der Waals surface area contributed by atoms with Gasteiger partial charge in [0.25, 0.3) is 0 Å². The van der Waals surface area contributed by atoms with E-state index in [-0.39, 0.29) is 1.43 Å². The summed E-state index contributed by atoms with van der Waals surface area (Å²) < 4.78 is 0. The van der Waals surface area contributed by atoms with E-state index in [1.807, 2.05) is 54.6 Å². The first-order chi connectivity index (χ1) is 23.8. The minimum Gasteiger partial charge on any atom is -0.228 e. The molecule has 4 nitrogen and oxygen atoms in total. The Labute approximate surface area is 282 Å². The number of nitrogens with zero attached hydrogens (tertiary/aromatic N) is 4. The lowest BCUT2D eigenvalue weighted by molar-refractivity contribution is 1.03. The molecule has 7 aromatic rings. The summed E-state index contributed by atoms with van der Waals surface area (Å²) in [5, 5.41) is 0. The molecule has 5 aromatic carbocycles. The first-order valence-electron chi connectivity index (χ1n) is 16.3. The normalized spacial score (nSPS) is 12.5. The largest absolute Gasteiger partial charge is 0.228 e. The summed E-state index contributed by atoms with van der Waals surface area (Å²) in [4.78, 5) is 20.1. The lowest BCUT2D eigenvalue weighted by Crippen LogP contribution is -1.99. The number of allylic oxidation sites excluding steroid dienone is 4. The maximum atomic E-state index is 5.07. The second kappa shape index (κ2) is 13.2. The van der Waals surface area contributed by atoms with E-state index in [0.29, 0.717) is 5.82 Å². The van der Waals surface area contributed by atoms with Crippen LogP contribution in [0.1, 0.15) is 20.0 Å². The van der Waals surface area contributed by atoms with Crippen LogP contribution in [0.15, 0.2) is 170 Å².